The maximum atomic E-state index is 8.62. The summed E-state index contributed by atoms with van der Waals surface area (Å²) in [5.41, 5.74) is 0. The summed E-state index contributed by atoms with van der Waals surface area (Å²) in [6.07, 6.45) is 23.6. The van der Waals surface area contributed by atoms with E-state index in [4.69, 9.17) is 9.84 Å². The molecule has 0 rings (SSSR count). The molecule has 0 spiro atoms. The van der Waals surface area contributed by atoms with Crippen LogP contribution in [0.25, 0.3) is 0 Å². The number of aliphatic hydroxyl groups excluding tert-OH is 1. The van der Waals surface area contributed by atoms with Gasteiger partial charge in [0, 0.05) is 19.7 Å². The summed E-state index contributed by atoms with van der Waals surface area (Å²) in [4.78, 5) is 0. The van der Waals surface area contributed by atoms with Crippen LogP contribution in [0.1, 0.15) is 96.8 Å². The molecule has 0 aromatic rings. The Balaban J connectivity index is 3.03. The number of allylic oxidation sites excluding steroid dienone is 2. The van der Waals surface area contributed by atoms with Crippen molar-refractivity contribution in [3.05, 3.63) is 12.2 Å². The normalized spacial score (nSPS) is 11.6. The average molecular weight is 356 g/mol. The van der Waals surface area contributed by atoms with Gasteiger partial charge in [0.15, 0.2) is 0 Å². The highest BCUT2D eigenvalue weighted by Crippen LogP contribution is 2.09. The molecule has 0 saturated heterocycles. The molecule has 0 aromatic heterocycles. The zero-order valence-corrected chi connectivity index (χ0v) is 16.9. The van der Waals surface area contributed by atoms with E-state index < -0.39 is 0 Å². The van der Waals surface area contributed by atoms with Gasteiger partial charge in [0.25, 0.3) is 0 Å². The van der Waals surface area contributed by atoms with E-state index in [0.717, 1.165) is 19.8 Å². The summed E-state index contributed by atoms with van der Waals surface area (Å²) in [5.74, 6) is 0. The minimum Gasteiger partial charge on any atom is -0.395 e. The lowest BCUT2D eigenvalue weighted by molar-refractivity contribution is 0.130. The second kappa shape index (κ2) is 23.6. The van der Waals surface area contributed by atoms with Gasteiger partial charge in [-0.15, -0.1) is 0 Å². The summed E-state index contributed by atoms with van der Waals surface area (Å²) < 4.78 is 5.55. The standard InChI is InChI=1S/C22H45NO2/c1-2-3-4-5-6-7-8-9-10-11-12-13-14-15-16-17-21-25-22-19-23-18-20-24/h9-10,23-24H,2-8,11-22H2,1H3/b10-9-. The van der Waals surface area contributed by atoms with Crippen LogP contribution in [0.5, 0.6) is 0 Å². The molecule has 3 nitrogen and oxygen atoms in total. The molecule has 0 fully saturated rings. The van der Waals surface area contributed by atoms with Crippen molar-refractivity contribution in [2.45, 2.75) is 96.8 Å². The summed E-state index contributed by atoms with van der Waals surface area (Å²) >= 11 is 0. The Kier molecular flexibility index (Phi) is 23.3. The predicted molar refractivity (Wildman–Crippen MR) is 110 cm³/mol. The van der Waals surface area contributed by atoms with E-state index in [2.05, 4.69) is 24.4 Å². The van der Waals surface area contributed by atoms with Crippen molar-refractivity contribution in [1.29, 1.82) is 0 Å². The molecular formula is C22H45NO2. The van der Waals surface area contributed by atoms with Crippen LogP contribution in [0.4, 0.5) is 0 Å². The van der Waals surface area contributed by atoms with Gasteiger partial charge in [0.2, 0.25) is 0 Å². The first kappa shape index (κ1) is 24.6. The number of unbranched alkanes of at least 4 members (excludes halogenated alkanes) is 12. The maximum absolute atomic E-state index is 8.62. The zero-order chi connectivity index (χ0) is 18.3. The largest absolute Gasteiger partial charge is 0.395 e. The SMILES string of the molecule is CCCCCCCC/C=C\CCCCCCCCOCCNCCO. The third-order valence-corrected chi connectivity index (χ3v) is 4.51. The number of hydrogen-bond acceptors (Lipinski definition) is 3. The molecule has 0 aliphatic heterocycles. The van der Waals surface area contributed by atoms with Crippen LogP contribution >= 0.6 is 0 Å². The van der Waals surface area contributed by atoms with Crippen LogP contribution in [0, 0.1) is 0 Å². The topological polar surface area (TPSA) is 41.5 Å². The molecule has 0 bridgehead atoms. The number of hydrogen-bond donors (Lipinski definition) is 2. The van der Waals surface area contributed by atoms with Crippen molar-refractivity contribution >= 4 is 0 Å². The highest BCUT2D eigenvalue weighted by molar-refractivity contribution is 4.81. The van der Waals surface area contributed by atoms with Crippen LogP contribution in [0.3, 0.4) is 0 Å². The van der Waals surface area contributed by atoms with Gasteiger partial charge in [0.1, 0.15) is 0 Å². The van der Waals surface area contributed by atoms with Crippen LogP contribution < -0.4 is 5.32 Å². The minimum absolute atomic E-state index is 0.203. The van der Waals surface area contributed by atoms with Crippen molar-refractivity contribution in [3.8, 4) is 0 Å². The van der Waals surface area contributed by atoms with Crippen LogP contribution in [-0.4, -0.2) is 38.0 Å². The summed E-state index contributed by atoms with van der Waals surface area (Å²) in [7, 11) is 0. The van der Waals surface area contributed by atoms with Crippen molar-refractivity contribution in [3.63, 3.8) is 0 Å². The molecule has 25 heavy (non-hydrogen) atoms. The first-order valence-electron chi connectivity index (χ1n) is 11.0. The average Bonchev–Trinajstić information content (AvgIpc) is 2.63. The van der Waals surface area contributed by atoms with E-state index in [9.17, 15) is 0 Å². The number of rotatable bonds is 21. The molecule has 0 unspecified atom stereocenters. The highest BCUT2D eigenvalue weighted by Gasteiger charge is 1.93. The van der Waals surface area contributed by atoms with Gasteiger partial charge in [-0.1, -0.05) is 76.9 Å². The van der Waals surface area contributed by atoms with Gasteiger partial charge >= 0.3 is 0 Å². The molecule has 0 aliphatic rings. The molecule has 0 saturated carbocycles. The van der Waals surface area contributed by atoms with E-state index in [-0.39, 0.29) is 6.61 Å². The molecule has 0 amide bonds. The molecule has 0 heterocycles. The van der Waals surface area contributed by atoms with E-state index in [1.54, 1.807) is 0 Å². The van der Waals surface area contributed by atoms with Crippen LogP contribution in [-0.2, 0) is 4.74 Å². The molecule has 0 radical (unpaired) electrons. The lowest BCUT2D eigenvalue weighted by atomic mass is 10.1. The van der Waals surface area contributed by atoms with Crippen molar-refractivity contribution in [1.82, 2.24) is 5.32 Å². The first-order chi connectivity index (χ1) is 12.4. The van der Waals surface area contributed by atoms with E-state index in [1.165, 1.54) is 89.9 Å². The smallest absolute Gasteiger partial charge is 0.0590 e. The number of nitrogens with one attached hydrogen (secondary N) is 1. The first-order valence-corrected chi connectivity index (χ1v) is 11.0. The number of ether oxygens (including phenoxy) is 1. The van der Waals surface area contributed by atoms with Crippen LogP contribution in [0.2, 0.25) is 0 Å². The summed E-state index contributed by atoms with van der Waals surface area (Å²) in [5, 5.41) is 11.7. The third kappa shape index (κ3) is 23.6. The fourth-order valence-electron chi connectivity index (χ4n) is 2.90. The van der Waals surface area contributed by atoms with Crippen molar-refractivity contribution < 1.29 is 9.84 Å². The fraction of sp³-hybridized carbons (Fsp3) is 0.909. The lowest BCUT2D eigenvalue weighted by Crippen LogP contribution is -2.23. The van der Waals surface area contributed by atoms with Gasteiger partial charge in [-0.2, -0.15) is 0 Å². The maximum Gasteiger partial charge on any atom is 0.0590 e. The third-order valence-electron chi connectivity index (χ3n) is 4.51. The van der Waals surface area contributed by atoms with Crippen molar-refractivity contribution in [2.24, 2.45) is 0 Å². The number of aliphatic hydroxyl groups is 1. The van der Waals surface area contributed by atoms with E-state index in [1.807, 2.05) is 0 Å². The second-order valence-electron chi connectivity index (χ2n) is 7.02. The Bertz CT molecular complexity index is 256. The fourth-order valence-corrected chi connectivity index (χ4v) is 2.90. The molecule has 0 atom stereocenters. The summed E-state index contributed by atoms with van der Waals surface area (Å²) in [6.45, 7) is 5.62. The Labute approximate surface area is 157 Å². The second-order valence-corrected chi connectivity index (χ2v) is 7.02. The van der Waals surface area contributed by atoms with Crippen molar-refractivity contribution in [2.75, 3.05) is 32.9 Å². The lowest BCUT2D eigenvalue weighted by Gasteiger charge is -2.05. The van der Waals surface area contributed by atoms with Gasteiger partial charge < -0.3 is 15.2 Å². The van der Waals surface area contributed by atoms with Gasteiger partial charge in [0.05, 0.1) is 13.2 Å². The Morgan fingerprint density at radius 3 is 1.84 bits per heavy atom. The van der Waals surface area contributed by atoms with E-state index >= 15 is 0 Å². The molecule has 0 aliphatic carbocycles. The van der Waals surface area contributed by atoms with Gasteiger partial charge in [-0.3, -0.25) is 0 Å². The van der Waals surface area contributed by atoms with Gasteiger partial charge in [-0.25, -0.2) is 0 Å². The highest BCUT2D eigenvalue weighted by atomic mass is 16.5. The Morgan fingerprint density at radius 1 is 0.680 bits per heavy atom. The molecule has 150 valence electrons. The van der Waals surface area contributed by atoms with Gasteiger partial charge in [-0.05, 0) is 32.1 Å². The quantitative estimate of drug-likeness (QED) is 0.207. The Morgan fingerprint density at radius 2 is 1.24 bits per heavy atom. The molecule has 0 aromatic carbocycles. The Hall–Kier alpha value is -0.380. The molecular weight excluding hydrogens is 310 g/mol. The minimum atomic E-state index is 0.203. The monoisotopic (exact) mass is 355 g/mol. The predicted octanol–water partition coefficient (Wildman–Crippen LogP) is 5.62. The zero-order valence-electron chi connectivity index (χ0n) is 16.9. The molecule has 2 N–H and O–H groups in total. The van der Waals surface area contributed by atoms with Crippen LogP contribution in [0.15, 0.2) is 12.2 Å². The summed E-state index contributed by atoms with van der Waals surface area (Å²) in [6, 6.07) is 0. The molecule has 3 heteroatoms. The van der Waals surface area contributed by atoms with E-state index in [0.29, 0.717) is 6.54 Å².